The minimum atomic E-state index is -0.281. The van der Waals surface area contributed by atoms with Crippen LogP contribution in [-0.2, 0) is 11.3 Å². The molecule has 2 aromatic rings. The number of carbonyl (C=O) groups excluding carboxylic acids is 2. The van der Waals surface area contributed by atoms with Crippen LogP contribution in [0.15, 0.2) is 34.7 Å². The summed E-state index contributed by atoms with van der Waals surface area (Å²) in [6.07, 6.45) is -0.281. The van der Waals surface area contributed by atoms with E-state index in [9.17, 15) is 9.59 Å². The van der Waals surface area contributed by atoms with Crippen molar-refractivity contribution in [1.29, 1.82) is 0 Å². The first kappa shape index (κ1) is 16.2. The van der Waals surface area contributed by atoms with Crippen molar-refractivity contribution < 1.29 is 18.7 Å². The number of para-hydroxylation sites is 1. The molecule has 2 N–H and O–H groups in total. The average Bonchev–Trinajstić information content (AvgIpc) is 3.17. The predicted molar refractivity (Wildman–Crippen MR) is 88.5 cm³/mol. The Balaban J connectivity index is 1.40. The summed E-state index contributed by atoms with van der Waals surface area (Å²) < 4.78 is 10.5. The van der Waals surface area contributed by atoms with Gasteiger partial charge >= 0.3 is 12.1 Å². The fourth-order valence-electron chi connectivity index (χ4n) is 2.65. The molecule has 7 heteroatoms. The Bertz CT molecular complexity index is 694. The van der Waals surface area contributed by atoms with E-state index in [-0.39, 0.29) is 18.0 Å². The Hall–Kier alpha value is -2.70. The standard InChI is InChI=1S/C17H21N3O4/c1-12(11-20-6-7-23-17(20)22)9-18-16(21)19-10-14-8-13-4-2-3-5-15(13)24-14/h2-5,8,12H,6-7,9-11H2,1H3,(H2,18,19,21). The van der Waals surface area contributed by atoms with Crippen LogP contribution in [0, 0.1) is 5.92 Å². The van der Waals surface area contributed by atoms with Crippen molar-refractivity contribution in [3.63, 3.8) is 0 Å². The summed E-state index contributed by atoms with van der Waals surface area (Å²) in [7, 11) is 0. The number of urea groups is 1. The molecule has 1 unspecified atom stereocenters. The first-order valence-corrected chi connectivity index (χ1v) is 8.02. The van der Waals surface area contributed by atoms with Crippen LogP contribution < -0.4 is 10.6 Å². The van der Waals surface area contributed by atoms with Gasteiger partial charge in [-0.25, -0.2) is 9.59 Å². The SMILES string of the molecule is CC(CNC(=O)NCc1cc2ccccc2o1)CN1CCOC1=O. The Morgan fingerprint density at radius 2 is 2.17 bits per heavy atom. The number of carbonyl (C=O) groups is 2. The first-order valence-electron chi connectivity index (χ1n) is 8.02. The summed E-state index contributed by atoms with van der Waals surface area (Å²) in [5.74, 6) is 0.854. The zero-order valence-electron chi connectivity index (χ0n) is 13.6. The average molecular weight is 331 g/mol. The van der Waals surface area contributed by atoms with Gasteiger partial charge in [-0.1, -0.05) is 25.1 Å². The fraction of sp³-hybridized carbons (Fsp3) is 0.412. The third-order valence-electron chi connectivity index (χ3n) is 3.89. The molecular formula is C17H21N3O4. The summed E-state index contributed by atoms with van der Waals surface area (Å²) in [6.45, 7) is 4.41. The molecule has 0 spiro atoms. The van der Waals surface area contributed by atoms with Crippen molar-refractivity contribution in [2.45, 2.75) is 13.5 Å². The van der Waals surface area contributed by atoms with Crippen LogP contribution in [0.1, 0.15) is 12.7 Å². The van der Waals surface area contributed by atoms with E-state index in [4.69, 9.17) is 9.15 Å². The number of ether oxygens (including phenoxy) is 1. The van der Waals surface area contributed by atoms with Gasteiger partial charge in [-0.15, -0.1) is 0 Å². The number of amides is 3. The smallest absolute Gasteiger partial charge is 0.409 e. The quantitative estimate of drug-likeness (QED) is 0.851. The lowest BCUT2D eigenvalue weighted by Crippen LogP contribution is -2.40. The predicted octanol–water partition coefficient (Wildman–Crippen LogP) is 2.32. The van der Waals surface area contributed by atoms with Crippen LogP contribution in [0.4, 0.5) is 9.59 Å². The highest BCUT2D eigenvalue weighted by Crippen LogP contribution is 2.18. The van der Waals surface area contributed by atoms with Gasteiger partial charge in [-0.3, -0.25) is 0 Å². The zero-order valence-corrected chi connectivity index (χ0v) is 13.6. The lowest BCUT2D eigenvalue weighted by atomic mass is 10.1. The number of benzene rings is 1. The minimum absolute atomic E-state index is 0.146. The molecule has 0 saturated carbocycles. The summed E-state index contributed by atoms with van der Waals surface area (Å²) in [6, 6.07) is 9.37. The van der Waals surface area contributed by atoms with Crippen LogP contribution in [0.3, 0.4) is 0 Å². The molecule has 2 heterocycles. The van der Waals surface area contributed by atoms with Gasteiger partial charge < -0.3 is 24.7 Å². The number of nitrogens with zero attached hydrogens (tertiary/aromatic N) is 1. The summed E-state index contributed by atoms with van der Waals surface area (Å²) in [5, 5.41) is 6.59. The van der Waals surface area contributed by atoms with E-state index in [1.165, 1.54) is 0 Å². The Morgan fingerprint density at radius 3 is 2.92 bits per heavy atom. The largest absolute Gasteiger partial charge is 0.459 e. The van der Waals surface area contributed by atoms with Crippen molar-refractivity contribution in [1.82, 2.24) is 15.5 Å². The van der Waals surface area contributed by atoms with E-state index < -0.39 is 0 Å². The van der Waals surface area contributed by atoms with E-state index in [0.29, 0.717) is 38.5 Å². The van der Waals surface area contributed by atoms with Crippen molar-refractivity contribution in [2.24, 2.45) is 5.92 Å². The maximum atomic E-state index is 11.9. The highest BCUT2D eigenvalue weighted by Gasteiger charge is 2.23. The number of rotatable bonds is 6. The van der Waals surface area contributed by atoms with E-state index in [0.717, 1.165) is 11.0 Å². The molecule has 0 bridgehead atoms. The zero-order chi connectivity index (χ0) is 16.9. The van der Waals surface area contributed by atoms with E-state index >= 15 is 0 Å². The summed E-state index contributed by atoms with van der Waals surface area (Å²) in [4.78, 5) is 24.9. The van der Waals surface area contributed by atoms with Gasteiger partial charge in [0.15, 0.2) is 0 Å². The van der Waals surface area contributed by atoms with Crippen molar-refractivity contribution in [3.05, 3.63) is 36.1 Å². The van der Waals surface area contributed by atoms with Gasteiger partial charge in [0.2, 0.25) is 0 Å². The monoisotopic (exact) mass is 331 g/mol. The first-order chi connectivity index (χ1) is 11.6. The maximum absolute atomic E-state index is 11.9. The second kappa shape index (κ2) is 7.25. The number of fused-ring (bicyclic) bond motifs is 1. The van der Waals surface area contributed by atoms with Crippen LogP contribution in [-0.4, -0.2) is 43.3 Å². The lowest BCUT2D eigenvalue weighted by molar-refractivity contribution is 0.155. The van der Waals surface area contributed by atoms with E-state index in [1.54, 1.807) is 4.90 Å². The second-order valence-electron chi connectivity index (χ2n) is 5.98. The normalized spacial score (nSPS) is 15.4. The van der Waals surface area contributed by atoms with Crippen LogP contribution >= 0.6 is 0 Å². The number of hydrogen-bond acceptors (Lipinski definition) is 4. The number of nitrogens with one attached hydrogen (secondary N) is 2. The maximum Gasteiger partial charge on any atom is 0.409 e. The molecule has 1 atom stereocenters. The third kappa shape index (κ3) is 3.98. The van der Waals surface area contributed by atoms with E-state index in [1.807, 2.05) is 37.3 Å². The number of cyclic esters (lactones) is 1. The molecule has 128 valence electrons. The molecule has 7 nitrogen and oxygen atoms in total. The third-order valence-corrected chi connectivity index (χ3v) is 3.89. The highest BCUT2D eigenvalue weighted by molar-refractivity contribution is 5.78. The van der Waals surface area contributed by atoms with Gasteiger partial charge in [0.05, 0.1) is 13.1 Å². The van der Waals surface area contributed by atoms with Gasteiger partial charge in [0.25, 0.3) is 0 Å². The molecule has 0 radical (unpaired) electrons. The molecule has 1 saturated heterocycles. The Kier molecular flexibility index (Phi) is 4.88. The van der Waals surface area contributed by atoms with Gasteiger partial charge in [0.1, 0.15) is 18.0 Å². The van der Waals surface area contributed by atoms with Gasteiger partial charge in [0, 0.05) is 18.5 Å². The topological polar surface area (TPSA) is 83.8 Å². The van der Waals surface area contributed by atoms with Crippen LogP contribution in [0.2, 0.25) is 0 Å². The molecule has 0 aliphatic carbocycles. The minimum Gasteiger partial charge on any atom is -0.459 e. The fourth-order valence-corrected chi connectivity index (χ4v) is 2.65. The van der Waals surface area contributed by atoms with Crippen molar-refractivity contribution in [2.75, 3.05) is 26.2 Å². The molecule has 1 aliphatic rings. The molecule has 3 rings (SSSR count). The number of hydrogen-bond donors (Lipinski definition) is 2. The molecule has 1 aromatic heterocycles. The molecular weight excluding hydrogens is 310 g/mol. The summed E-state index contributed by atoms with van der Waals surface area (Å²) >= 11 is 0. The molecule has 1 fully saturated rings. The molecule has 1 aliphatic heterocycles. The molecule has 3 amide bonds. The molecule has 24 heavy (non-hydrogen) atoms. The highest BCUT2D eigenvalue weighted by atomic mass is 16.6. The van der Waals surface area contributed by atoms with Crippen LogP contribution in [0.25, 0.3) is 11.0 Å². The van der Waals surface area contributed by atoms with Gasteiger partial charge in [-0.05, 0) is 18.1 Å². The second-order valence-corrected chi connectivity index (χ2v) is 5.98. The van der Waals surface area contributed by atoms with Crippen LogP contribution in [0.5, 0.6) is 0 Å². The van der Waals surface area contributed by atoms with Gasteiger partial charge in [-0.2, -0.15) is 0 Å². The van der Waals surface area contributed by atoms with Crippen molar-refractivity contribution in [3.8, 4) is 0 Å². The Labute approximate surface area is 139 Å². The lowest BCUT2D eigenvalue weighted by Gasteiger charge is -2.18. The van der Waals surface area contributed by atoms with E-state index in [2.05, 4.69) is 10.6 Å². The summed E-state index contributed by atoms with van der Waals surface area (Å²) in [5.41, 5.74) is 0.806. The van der Waals surface area contributed by atoms with Crippen molar-refractivity contribution >= 4 is 23.1 Å². The molecule has 1 aromatic carbocycles. The Morgan fingerprint density at radius 1 is 1.33 bits per heavy atom. The number of furan rings is 1.